The van der Waals surface area contributed by atoms with Gasteiger partial charge in [-0.25, -0.2) is 9.78 Å². The average Bonchev–Trinajstić information content (AvgIpc) is 2.72. The van der Waals surface area contributed by atoms with Crippen molar-refractivity contribution < 1.29 is 9.53 Å². The molecule has 0 atom stereocenters. The molecule has 0 aromatic carbocycles. The van der Waals surface area contributed by atoms with Crippen LogP contribution in [-0.4, -0.2) is 28.3 Å². The zero-order valence-corrected chi connectivity index (χ0v) is 7.94. The van der Waals surface area contributed by atoms with E-state index in [-0.39, 0.29) is 0 Å². The number of nitrogens with one attached hydrogen (secondary N) is 1. The molecular formula is C10H7N3O2. The summed E-state index contributed by atoms with van der Waals surface area (Å²) in [4.78, 5) is 14.8. The summed E-state index contributed by atoms with van der Waals surface area (Å²) in [6.07, 6.45) is 3.28. The van der Waals surface area contributed by atoms with E-state index in [1.165, 1.54) is 7.11 Å². The Bertz CT molecular complexity index is 563. The van der Waals surface area contributed by atoms with E-state index in [4.69, 9.17) is 0 Å². The third-order valence-electron chi connectivity index (χ3n) is 1.80. The molecule has 0 aliphatic carbocycles. The van der Waals surface area contributed by atoms with Gasteiger partial charge in [0.05, 0.1) is 25.0 Å². The van der Waals surface area contributed by atoms with Crippen LogP contribution in [0.15, 0.2) is 18.5 Å². The van der Waals surface area contributed by atoms with Crippen LogP contribution in [0.4, 0.5) is 0 Å². The highest BCUT2D eigenvalue weighted by Gasteiger charge is 1.97. The summed E-state index contributed by atoms with van der Waals surface area (Å²) < 4.78 is 4.39. The lowest BCUT2D eigenvalue weighted by molar-refractivity contribution is -0.133. The zero-order chi connectivity index (χ0) is 10.7. The predicted octanol–water partition coefficient (Wildman–Crippen LogP) is 0.482. The van der Waals surface area contributed by atoms with Crippen molar-refractivity contribution in [2.24, 2.45) is 0 Å². The van der Waals surface area contributed by atoms with Gasteiger partial charge in [0.1, 0.15) is 5.69 Å². The largest absolute Gasteiger partial charge is 0.459 e. The minimum atomic E-state index is -0.580. The summed E-state index contributed by atoms with van der Waals surface area (Å²) in [5.41, 5.74) is 1.34. The number of rotatable bonds is 0. The number of aromatic nitrogens is 3. The van der Waals surface area contributed by atoms with Crippen LogP contribution in [0, 0.1) is 11.8 Å². The minimum Gasteiger partial charge on any atom is -0.459 e. The first-order valence-corrected chi connectivity index (χ1v) is 4.18. The number of ether oxygens (including phenoxy) is 1. The number of carbonyl (C=O) groups is 1. The second-order valence-electron chi connectivity index (χ2n) is 2.77. The number of aromatic amines is 1. The van der Waals surface area contributed by atoms with Crippen LogP contribution in [0.2, 0.25) is 0 Å². The Hall–Kier alpha value is -2.35. The summed E-state index contributed by atoms with van der Waals surface area (Å²) >= 11 is 0. The second kappa shape index (κ2) is 3.80. The van der Waals surface area contributed by atoms with Gasteiger partial charge in [-0.3, -0.25) is 5.10 Å². The Balaban J connectivity index is 2.35. The molecular weight excluding hydrogens is 194 g/mol. The molecule has 0 spiro atoms. The normalized spacial score (nSPS) is 9.40. The first-order chi connectivity index (χ1) is 7.29. The average molecular weight is 201 g/mol. The van der Waals surface area contributed by atoms with Crippen molar-refractivity contribution in [2.45, 2.75) is 0 Å². The van der Waals surface area contributed by atoms with Gasteiger partial charge < -0.3 is 4.74 Å². The van der Waals surface area contributed by atoms with Gasteiger partial charge in [-0.15, -0.1) is 0 Å². The summed E-state index contributed by atoms with van der Waals surface area (Å²) in [5.74, 6) is 4.32. The standard InChI is InChI=1S/C10H7N3O2/c1-15-10(14)3-2-8-4-7-5-12-13-9(7)6-11-8/h4-6H,1H3,(H,12,13). The fourth-order valence-corrected chi connectivity index (χ4v) is 1.08. The molecule has 2 aromatic rings. The van der Waals surface area contributed by atoms with E-state index < -0.39 is 5.97 Å². The number of pyridine rings is 1. The number of esters is 1. The predicted molar refractivity (Wildman–Crippen MR) is 52.8 cm³/mol. The molecule has 2 heterocycles. The molecule has 0 radical (unpaired) electrons. The van der Waals surface area contributed by atoms with E-state index in [9.17, 15) is 4.79 Å². The number of H-pyrrole nitrogens is 1. The third-order valence-corrected chi connectivity index (χ3v) is 1.80. The molecule has 0 aliphatic rings. The Labute approximate surface area is 85.5 Å². The quantitative estimate of drug-likeness (QED) is 0.497. The Morgan fingerprint density at radius 3 is 3.20 bits per heavy atom. The van der Waals surface area contributed by atoms with Gasteiger partial charge in [0.15, 0.2) is 0 Å². The number of fused-ring (bicyclic) bond motifs is 1. The smallest absolute Gasteiger partial charge is 0.384 e. The summed E-state index contributed by atoms with van der Waals surface area (Å²) in [6.45, 7) is 0. The topological polar surface area (TPSA) is 67.9 Å². The molecule has 0 aliphatic heterocycles. The summed E-state index contributed by atoms with van der Waals surface area (Å²) in [5, 5.41) is 7.52. The fourth-order valence-electron chi connectivity index (χ4n) is 1.08. The van der Waals surface area contributed by atoms with E-state index in [1.54, 1.807) is 18.5 Å². The SMILES string of the molecule is COC(=O)C#Cc1cc2cn[nH]c2cn1. The number of hydrogen-bond donors (Lipinski definition) is 1. The molecule has 5 nitrogen and oxygen atoms in total. The van der Waals surface area contributed by atoms with E-state index in [2.05, 4.69) is 31.8 Å². The molecule has 0 fully saturated rings. The van der Waals surface area contributed by atoms with Crippen LogP contribution >= 0.6 is 0 Å². The van der Waals surface area contributed by atoms with Crippen LogP contribution in [-0.2, 0) is 9.53 Å². The highest BCUT2D eigenvalue weighted by Crippen LogP contribution is 2.08. The van der Waals surface area contributed by atoms with E-state index in [0.29, 0.717) is 5.69 Å². The molecule has 1 N–H and O–H groups in total. The summed E-state index contributed by atoms with van der Waals surface area (Å²) in [6, 6.07) is 1.74. The molecule has 0 unspecified atom stereocenters. The van der Waals surface area contributed by atoms with E-state index >= 15 is 0 Å². The van der Waals surface area contributed by atoms with Crippen molar-refractivity contribution in [1.29, 1.82) is 0 Å². The Kier molecular flexibility index (Phi) is 2.33. The van der Waals surface area contributed by atoms with Crippen molar-refractivity contribution >= 4 is 16.9 Å². The van der Waals surface area contributed by atoms with Gasteiger partial charge in [-0.05, 0) is 12.0 Å². The Morgan fingerprint density at radius 1 is 1.53 bits per heavy atom. The van der Waals surface area contributed by atoms with Gasteiger partial charge in [0, 0.05) is 11.3 Å². The van der Waals surface area contributed by atoms with Crippen molar-refractivity contribution in [2.75, 3.05) is 7.11 Å². The first kappa shape index (κ1) is 9.21. The van der Waals surface area contributed by atoms with Gasteiger partial charge in [-0.1, -0.05) is 0 Å². The molecule has 0 saturated heterocycles. The van der Waals surface area contributed by atoms with Crippen LogP contribution in [0.3, 0.4) is 0 Å². The number of hydrogen-bond acceptors (Lipinski definition) is 4. The lowest BCUT2D eigenvalue weighted by Gasteiger charge is -1.89. The lowest BCUT2D eigenvalue weighted by atomic mass is 10.3. The second-order valence-corrected chi connectivity index (χ2v) is 2.77. The third kappa shape index (κ3) is 1.94. The molecule has 74 valence electrons. The highest BCUT2D eigenvalue weighted by molar-refractivity contribution is 5.89. The van der Waals surface area contributed by atoms with Gasteiger partial charge >= 0.3 is 5.97 Å². The van der Waals surface area contributed by atoms with Gasteiger partial charge in [0.25, 0.3) is 0 Å². The van der Waals surface area contributed by atoms with Crippen LogP contribution in [0.25, 0.3) is 10.9 Å². The number of methoxy groups -OCH3 is 1. The molecule has 15 heavy (non-hydrogen) atoms. The molecule has 0 amide bonds. The van der Waals surface area contributed by atoms with Crippen LogP contribution < -0.4 is 0 Å². The Morgan fingerprint density at radius 2 is 2.40 bits per heavy atom. The minimum absolute atomic E-state index is 0.509. The summed E-state index contributed by atoms with van der Waals surface area (Å²) in [7, 11) is 1.28. The van der Waals surface area contributed by atoms with E-state index in [0.717, 1.165) is 10.9 Å². The first-order valence-electron chi connectivity index (χ1n) is 4.18. The van der Waals surface area contributed by atoms with Crippen LogP contribution in [0.5, 0.6) is 0 Å². The van der Waals surface area contributed by atoms with Gasteiger partial charge in [0.2, 0.25) is 0 Å². The lowest BCUT2D eigenvalue weighted by Crippen LogP contribution is -1.94. The van der Waals surface area contributed by atoms with Crippen molar-refractivity contribution in [1.82, 2.24) is 15.2 Å². The maximum atomic E-state index is 10.8. The monoisotopic (exact) mass is 201 g/mol. The van der Waals surface area contributed by atoms with Crippen molar-refractivity contribution in [3.05, 3.63) is 24.2 Å². The van der Waals surface area contributed by atoms with Gasteiger partial charge in [-0.2, -0.15) is 5.10 Å². The van der Waals surface area contributed by atoms with E-state index in [1.807, 2.05) is 0 Å². The maximum absolute atomic E-state index is 10.8. The number of carbonyl (C=O) groups excluding carboxylic acids is 1. The fraction of sp³-hybridized carbons (Fsp3) is 0.100. The molecule has 5 heteroatoms. The molecule has 0 saturated carbocycles. The maximum Gasteiger partial charge on any atom is 0.384 e. The molecule has 0 bridgehead atoms. The van der Waals surface area contributed by atoms with Crippen LogP contribution in [0.1, 0.15) is 5.69 Å². The molecule has 2 rings (SSSR count). The molecule has 2 aromatic heterocycles. The van der Waals surface area contributed by atoms with Crippen molar-refractivity contribution in [3.63, 3.8) is 0 Å². The highest BCUT2D eigenvalue weighted by atomic mass is 16.5. The van der Waals surface area contributed by atoms with Crippen molar-refractivity contribution in [3.8, 4) is 11.8 Å². The zero-order valence-electron chi connectivity index (χ0n) is 7.94. The number of nitrogens with zero attached hydrogens (tertiary/aromatic N) is 2.